The Morgan fingerprint density at radius 3 is 2.09 bits per heavy atom. The number of imidazole rings is 1. The molecule has 0 spiro atoms. The molecule has 3 heterocycles. The van der Waals surface area contributed by atoms with Crippen molar-refractivity contribution in [2.24, 2.45) is 0 Å². The van der Waals surface area contributed by atoms with E-state index in [0.29, 0.717) is 4.57 Å². The number of halogens is 4. The molecule has 0 unspecified atom stereocenters. The lowest BCUT2D eigenvalue weighted by atomic mass is 9.96. The molecule has 1 fully saturated rings. The van der Waals surface area contributed by atoms with Crippen LogP contribution in [0.3, 0.4) is 0 Å². The quantitative estimate of drug-likeness (QED) is 0.140. The topological polar surface area (TPSA) is 202 Å². The Morgan fingerprint density at radius 2 is 1.60 bits per heavy atom. The Labute approximate surface area is 243 Å². The fourth-order valence-electron chi connectivity index (χ4n) is 4.03. The highest BCUT2D eigenvalue weighted by Gasteiger charge is 2.71. The van der Waals surface area contributed by atoms with Gasteiger partial charge < -0.3 is 29.6 Å². The fraction of sp³-hybridized carbons (Fsp3) is 0.696. The van der Waals surface area contributed by atoms with Gasteiger partial charge in [-0.15, -0.1) is 0 Å². The largest absolute Gasteiger partial charge is 0.462 e. The van der Waals surface area contributed by atoms with Gasteiger partial charge in [0.1, 0.15) is 23.9 Å². The fourth-order valence-corrected chi connectivity index (χ4v) is 5.87. The molecular formula is C23H34F4N7O8P. The standard InChI is InChI=1S/C23H34F4N7O8P/c1-10(2)40-17(35)12(5)32-43(38,33-13(6)18(36)41-11(3)4)39-7-22(20(24)25)19(37)23(26,27)21(42-22)34-9-31-14-15(28)29-8-30-16(14)34/h8-13,19-21,37H,7H2,1-6H3,(H2,28,29,30)(H2,32,33,38)/t12-,13-,19+,21+,22+/m0/s1. The SMILES string of the molecule is CC(C)OC(=O)[C@H](C)NP(=O)(N[C@@H](C)C(=O)OC(C)C)OC[C@@]1(C(F)F)O[C@@H](n2cnc3c(N)ncnc32)C(F)(F)[C@@H]1O. The summed E-state index contributed by atoms with van der Waals surface area (Å²) >= 11 is 0. The molecule has 15 nitrogen and oxygen atoms in total. The van der Waals surface area contributed by atoms with Crippen molar-refractivity contribution >= 4 is 36.6 Å². The van der Waals surface area contributed by atoms with Crippen molar-refractivity contribution in [3.8, 4) is 0 Å². The van der Waals surface area contributed by atoms with Crippen LogP contribution in [-0.2, 0) is 32.9 Å². The lowest BCUT2D eigenvalue weighted by molar-refractivity contribution is -0.191. The molecule has 2 aromatic heterocycles. The summed E-state index contributed by atoms with van der Waals surface area (Å²) in [6.07, 6.45) is -9.12. The molecule has 0 aliphatic carbocycles. The van der Waals surface area contributed by atoms with Gasteiger partial charge in [0.05, 0.1) is 25.1 Å². The van der Waals surface area contributed by atoms with E-state index in [1.807, 2.05) is 0 Å². The van der Waals surface area contributed by atoms with E-state index in [0.717, 1.165) is 12.7 Å². The Bertz CT molecular complexity index is 1330. The number of ether oxygens (including phenoxy) is 3. The van der Waals surface area contributed by atoms with Crippen LogP contribution in [0.15, 0.2) is 12.7 Å². The second kappa shape index (κ2) is 13.0. The van der Waals surface area contributed by atoms with Crippen LogP contribution >= 0.6 is 7.67 Å². The van der Waals surface area contributed by atoms with Crippen LogP contribution in [0.2, 0.25) is 0 Å². The first kappa shape index (κ1) is 34.5. The van der Waals surface area contributed by atoms with Gasteiger partial charge in [0.2, 0.25) is 6.23 Å². The van der Waals surface area contributed by atoms with E-state index in [2.05, 4.69) is 25.1 Å². The van der Waals surface area contributed by atoms with Gasteiger partial charge in [-0.2, -0.15) is 8.78 Å². The number of rotatable bonds is 13. The van der Waals surface area contributed by atoms with E-state index < -0.39 is 80.8 Å². The number of aromatic nitrogens is 4. The van der Waals surface area contributed by atoms with Gasteiger partial charge in [-0.3, -0.25) is 18.7 Å². The lowest BCUT2D eigenvalue weighted by Gasteiger charge is -2.33. The van der Waals surface area contributed by atoms with E-state index in [-0.39, 0.29) is 17.0 Å². The summed E-state index contributed by atoms with van der Waals surface area (Å²) in [5.41, 5.74) is 1.76. The number of fused-ring (bicyclic) bond motifs is 1. The summed E-state index contributed by atoms with van der Waals surface area (Å²) in [7, 11) is -4.78. The van der Waals surface area contributed by atoms with Crippen molar-refractivity contribution in [3.63, 3.8) is 0 Å². The molecule has 1 saturated heterocycles. The summed E-state index contributed by atoms with van der Waals surface area (Å²) in [5.74, 6) is -6.46. The number of nitrogen functional groups attached to an aromatic ring is 1. The minimum Gasteiger partial charge on any atom is -0.462 e. The highest BCUT2D eigenvalue weighted by molar-refractivity contribution is 7.54. The molecular weight excluding hydrogens is 609 g/mol. The number of aliphatic hydroxyl groups is 1. The summed E-state index contributed by atoms with van der Waals surface area (Å²) in [6, 6.07) is -2.83. The van der Waals surface area contributed by atoms with Crippen molar-refractivity contribution in [2.45, 2.75) is 96.1 Å². The van der Waals surface area contributed by atoms with Crippen LogP contribution in [0.1, 0.15) is 47.8 Å². The molecule has 1 aliphatic heterocycles. The molecule has 43 heavy (non-hydrogen) atoms. The zero-order chi connectivity index (χ0) is 32.5. The predicted molar refractivity (Wildman–Crippen MR) is 141 cm³/mol. The number of carbonyl (C=O) groups excluding carboxylic acids is 2. The molecule has 0 amide bonds. The van der Waals surface area contributed by atoms with Crippen molar-refractivity contribution in [3.05, 3.63) is 12.7 Å². The number of hydrogen-bond acceptors (Lipinski definition) is 12. The maximum absolute atomic E-state index is 15.4. The molecule has 5 N–H and O–H groups in total. The molecule has 242 valence electrons. The first-order valence-electron chi connectivity index (χ1n) is 13.0. The number of esters is 2. The average molecular weight is 644 g/mol. The Morgan fingerprint density at radius 1 is 1.07 bits per heavy atom. The van der Waals surface area contributed by atoms with Gasteiger partial charge in [-0.25, -0.2) is 33.9 Å². The first-order valence-corrected chi connectivity index (χ1v) is 14.6. The van der Waals surface area contributed by atoms with E-state index in [9.17, 15) is 28.0 Å². The van der Waals surface area contributed by atoms with Crippen molar-refractivity contribution in [1.82, 2.24) is 29.7 Å². The van der Waals surface area contributed by atoms with Crippen molar-refractivity contribution < 1.29 is 55.6 Å². The third kappa shape index (κ3) is 7.24. The zero-order valence-corrected chi connectivity index (χ0v) is 24.9. The number of nitrogens with one attached hydrogen (secondary N) is 2. The molecule has 1 aliphatic rings. The molecule has 0 saturated carbocycles. The van der Waals surface area contributed by atoms with Crippen LogP contribution in [-0.4, -0.2) is 91.5 Å². The van der Waals surface area contributed by atoms with E-state index in [1.54, 1.807) is 0 Å². The van der Waals surface area contributed by atoms with Gasteiger partial charge in [-0.05, 0) is 41.5 Å². The van der Waals surface area contributed by atoms with Crippen LogP contribution in [0.5, 0.6) is 0 Å². The molecule has 20 heteroatoms. The van der Waals surface area contributed by atoms with Gasteiger partial charge >= 0.3 is 25.5 Å². The second-order valence-electron chi connectivity index (χ2n) is 10.4. The molecule has 3 rings (SSSR count). The number of carbonyl (C=O) groups is 2. The predicted octanol–water partition coefficient (Wildman–Crippen LogP) is 1.92. The maximum Gasteiger partial charge on any atom is 0.342 e. The minimum absolute atomic E-state index is 0.135. The first-order chi connectivity index (χ1) is 19.8. The van der Waals surface area contributed by atoms with Crippen molar-refractivity contribution in [1.29, 1.82) is 0 Å². The molecule has 5 atom stereocenters. The second-order valence-corrected chi connectivity index (χ2v) is 12.3. The summed E-state index contributed by atoms with van der Waals surface area (Å²) in [4.78, 5) is 36.0. The lowest BCUT2D eigenvalue weighted by Crippen LogP contribution is -2.55. The van der Waals surface area contributed by atoms with Crippen LogP contribution in [0.4, 0.5) is 23.4 Å². The van der Waals surface area contributed by atoms with Gasteiger partial charge in [0.25, 0.3) is 6.43 Å². The van der Waals surface area contributed by atoms with Crippen LogP contribution < -0.4 is 15.9 Å². The average Bonchev–Trinajstić information content (AvgIpc) is 3.40. The van der Waals surface area contributed by atoms with E-state index in [1.165, 1.54) is 41.5 Å². The van der Waals surface area contributed by atoms with E-state index >= 15 is 8.78 Å². The van der Waals surface area contributed by atoms with Crippen LogP contribution in [0, 0.1) is 0 Å². The van der Waals surface area contributed by atoms with Crippen LogP contribution in [0.25, 0.3) is 11.2 Å². The number of aliphatic hydroxyl groups excluding tert-OH is 1. The van der Waals surface area contributed by atoms with Gasteiger partial charge in [0, 0.05) is 0 Å². The molecule has 0 aromatic carbocycles. The molecule has 0 radical (unpaired) electrons. The maximum atomic E-state index is 15.4. The summed E-state index contributed by atoms with van der Waals surface area (Å²) < 4.78 is 94.9. The van der Waals surface area contributed by atoms with Gasteiger partial charge in [-0.1, -0.05) is 0 Å². The number of alkyl halides is 4. The van der Waals surface area contributed by atoms with Gasteiger partial charge in [0.15, 0.2) is 23.2 Å². The normalized spacial score (nSPS) is 23.7. The number of nitrogens with two attached hydrogens (primary N) is 1. The highest BCUT2D eigenvalue weighted by atomic mass is 31.2. The minimum atomic E-state index is -4.78. The Hall–Kier alpha value is -2.96. The number of hydrogen-bond donors (Lipinski definition) is 4. The molecule has 0 bridgehead atoms. The summed E-state index contributed by atoms with van der Waals surface area (Å²) in [5, 5.41) is 15.1. The number of nitrogens with zero attached hydrogens (tertiary/aromatic N) is 4. The summed E-state index contributed by atoms with van der Waals surface area (Å²) in [6.45, 7) is 6.93. The smallest absolute Gasteiger partial charge is 0.342 e. The molecule has 2 aromatic rings. The van der Waals surface area contributed by atoms with Crippen molar-refractivity contribution in [2.75, 3.05) is 12.3 Å². The third-order valence-corrected chi connectivity index (χ3v) is 8.05. The van der Waals surface area contributed by atoms with E-state index in [4.69, 9.17) is 24.5 Å². The third-order valence-electron chi connectivity index (χ3n) is 6.11. The number of anilines is 1. The Balaban J connectivity index is 1.96. The zero-order valence-electron chi connectivity index (χ0n) is 24.0. The highest BCUT2D eigenvalue weighted by Crippen LogP contribution is 2.53. The monoisotopic (exact) mass is 643 g/mol. The Kier molecular flexibility index (Phi) is 10.4.